The van der Waals surface area contributed by atoms with Crippen LogP contribution in [-0.2, 0) is 11.8 Å². The number of amides is 2. The van der Waals surface area contributed by atoms with E-state index in [4.69, 9.17) is 0 Å². The highest BCUT2D eigenvalue weighted by Crippen LogP contribution is 2.31. The Morgan fingerprint density at radius 2 is 1.71 bits per heavy atom. The molecule has 0 bridgehead atoms. The molecule has 2 heterocycles. The van der Waals surface area contributed by atoms with Gasteiger partial charge in [0.25, 0.3) is 5.91 Å². The van der Waals surface area contributed by atoms with Crippen LogP contribution in [0.2, 0.25) is 0 Å². The number of carbonyl (C=O) groups excluding carboxylic acids is 2. The lowest BCUT2D eigenvalue weighted by molar-refractivity contribution is -0.120. The van der Waals surface area contributed by atoms with Crippen LogP contribution in [-0.4, -0.2) is 39.6 Å². The summed E-state index contributed by atoms with van der Waals surface area (Å²) < 4.78 is 1.80. The molecule has 2 fully saturated rings. The molecule has 1 aromatic heterocycles. The van der Waals surface area contributed by atoms with Gasteiger partial charge in [0, 0.05) is 55.0 Å². The number of carbonyl (C=O) groups is 2. The topological polar surface area (TPSA) is 67.2 Å². The molecule has 2 aliphatic rings. The van der Waals surface area contributed by atoms with Crippen LogP contribution in [0.25, 0.3) is 11.1 Å². The molecule has 1 N–H and O–H groups in total. The largest absolute Gasteiger partial charge is 0.337 e. The van der Waals surface area contributed by atoms with Crippen LogP contribution in [0, 0.1) is 12.8 Å². The van der Waals surface area contributed by atoms with Gasteiger partial charge in [-0.3, -0.25) is 14.3 Å². The fourth-order valence-electron chi connectivity index (χ4n) is 5.05. The minimum atomic E-state index is 0.0244. The Morgan fingerprint density at radius 1 is 0.971 bits per heavy atom. The molecule has 3 aromatic rings. The van der Waals surface area contributed by atoms with Gasteiger partial charge in [0.15, 0.2) is 0 Å². The van der Waals surface area contributed by atoms with Gasteiger partial charge in [0.2, 0.25) is 5.91 Å². The predicted molar refractivity (Wildman–Crippen MR) is 134 cm³/mol. The molecule has 0 unspecified atom stereocenters. The first kappa shape index (κ1) is 22.4. The second-order valence-electron chi connectivity index (χ2n) is 9.79. The van der Waals surface area contributed by atoms with Crippen LogP contribution in [0.5, 0.6) is 0 Å². The Balaban J connectivity index is 1.20. The summed E-state index contributed by atoms with van der Waals surface area (Å²) in [5.74, 6) is 0.554. The maximum Gasteiger partial charge on any atom is 0.253 e. The van der Waals surface area contributed by atoms with Crippen molar-refractivity contribution in [1.29, 1.82) is 0 Å². The molecular weight excluding hydrogens is 424 g/mol. The van der Waals surface area contributed by atoms with E-state index in [2.05, 4.69) is 34.7 Å². The zero-order valence-electron chi connectivity index (χ0n) is 20.0. The van der Waals surface area contributed by atoms with Gasteiger partial charge in [0.1, 0.15) is 0 Å². The van der Waals surface area contributed by atoms with Gasteiger partial charge in [-0.25, -0.2) is 0 Å². The summed E-state index contributed by atoms with van der Waals surface area (Å²) in [7, 11) is 1.92. The van der Waals surface area contributed by atoms with Crippen molar-refractivity contribution in [2.45, 2.75) is 44.9 Å². The number of hydrogen-bond acceptors (Lipinski definition) is 3. The SMILES string of the molecule is Cc1ccc(C(=O)N2CC(c3ccc(-c4cnn(C)c4)cc3)C2)cc1NC(=O)C1CCCCC1. The second-order valence-corrected chi connectivity index (χ2v) is 9.79. The molecule has 0 radical (unpaired) electrons. The van der Waals surface area contributed by atoms with Gasteiger partial charge in [-0.1, -0.05) is 49.6 Å². The summed E-state index contributed by atoms with van der Waals surface area (Å²) >= 11 is 0. The van der Waals surface area contributed by atoms with Crippen molar-refractivity contribution in [2.75, 3.05) is 18.4 Å². The van der Waals surface area contributed by atoms with Crippen molar-refractivity contribution < 1.29 is 9.59 Å². The maximum atomic E-state index is 13.1. The lowest BCUT2D eigenvalue weighted by Gasteiger charge is -2.39. The van der Waals surface area contributed by atoms with E-state index in [1.54, 1.807) is 4.68 Å². The van der Waals surface area contributed by atoms with E-state index in [9.17, 15) is 9.59 Å². The highest BCUT2D eigenvalue weighted by Gasteiger charge is 2.32. The predicted octanol–water partition coefficient (Wildman–Crippen LogP) is 5.15. The minimum Gasteiger partial charge on any atom is -0.337 e. The number of benzene rings is 2. The highest BCUT2D eigenvalue weighted by atomic mass is 16.2. The van der Waals surface area contributed by atoms with Crippen LogP contribution >= 0.6 is 0 Å². The Labute approximate surface area is 201 Å². The van der Waals surface area contributed by atoms with Crippen molar-refractivity contribution >= 4 is 17.5 Å². The lowest BCUT2D eigenvalue weighted by Crippen LogP contribution is -2.48. The molecule has 34 heavy (non-hydrogen) atoms. The summed E-state index contributed by atoms with van der Waals surface area (Å²) in [5, 5.41) is 7.33. The van der Waals surface area contributed by atoms with Crippen molar-refractivity contribution in [3.63, 3.8) is 0 Å². The molecule has 6 heteroatoms. The van der Waals surface area contributed by atoms with E-state index >= 15 is 0 Å². The molecule has 1 saturated carbocycles. The maximum absolute atomic E-state index is 13.1. The van der Waals surface area contributed by atoms with Crippen molar-refractivity contribution in [2.24, 2.45) is 13.0 Å². The van der Waals surface area contributed by atoms with E-state index in [0.717, 1.165) is 48.1 Å². The van der Waals surface area contributed by atoms with Crippen LogP contribution < -0.4 is 5.32 Å². The fraction of sp³-hybridized carbons (Fsp3) is 0.393. The lowest BCUT2D eigenvalue weighted by atomic mass is 9.88. The Hall–Kier alpha value is -3.41. The molecule has 2 aromatic carbocycles. The first-order chi connectivity index (χ1) is 16.5. The van der Waals surface area contributed by atoms with Crippen molar-refractivity contribution in [3.8, 4) is 11.1 Å². The van der Waals surface area contributed by atoms with E-state index in [-0.39, 0.29) is 17.7 Å². The molecular formula is C28H32N4O2. The Kier molecular flexibility index (Phi) is 6.22. The zero-order chi connectivity index (χ0) is 23.7. The summed E-state index contributed by atoms with van der Waals surface area (Å²) in [6.45, 7) is 3.39. The number of anilines is 1. The third-order valence-corrected chi connectivity index (χ3v) is 7.31. The van der Waals surface area contributed by atoms with Gasteiger partial charge in [-0.05, 0) is 48.6 Å². The average molecular weight is 457 g/mol. The number of aromatic nitrogens is 2. The van der Waals surface area contributed by atoms with Crippen LogP contribution in [0.15, 0.2) is 54.9 Å². The standard InChI is InChI=1S/C28H32N4O2/c1-19-8-9-23(14-26(19)30-27(33)22-6-4-3-5-7-22)28(34)32-17-25(18-32)21-12-10-20(11-13-21)24-15-29-31(2)16-24/h8-16,22,25H,3-7,17-18H2,1-2H3,(H,30,33). The number of aryl methyl sites for hydroxylation is 2. The average Bonchev–Trinajstić information content (AvgIpc) is 3.26. The van der Waals surface area contributed by atoms with Crippen LogP contribution in [0.1, 0.15) is 59.5 Å². The zero-order valence-corrected chi connectivity index (χ0v) is 20.0. The summed E-state index contributed by atoms with van der Waals surface area (Å²) in [5.41, 5.74) is 5.87. The Bertz CT molecular complexity index is 1190. The van der Waals surface area contributed by atoms with E-state index in [1.165, 1.54) is 12.0 Å². The number of likely N-dealkylation sites (tertiary alicyclic amines) is 1. The highest BCUT2D eigenvalue weighted by molar-refractivity contribution is 5.98. The van der Waals surface area contributed by atoms with Crippen molar-refractivity contribution in [1.82, 2.24) is 14.7 Å². The van der Waals surface area contributed by atoms with Gasteiger partial charge in [-0.15, -0.1) is 0 Å². The quantitative estimate of drug-likeness (QED) is 0.577. The molecule has 2 amide bonds. The molecule has 1 aliphatic heterocycles. The molecule has 1 aliphatic carbocycles. The van der Waals surface area contributed by atoms with E-state index in [1.807, 2.05) is 49.5 Å². The first-order valence-electron chi connectivity index (χ1n) is 12.3. The molecule has 5 rings (SSSR count). The van der Waals surface area contributed by atoms with Gasteiger partial charge in [0.05, 0.1) is 6.20 Å². The van der Waals surface area contributed by atoms with E-state index < -0.39 is 0 Å². The van der Waals surface area contributed by atoms with E-state index in [0.29, 0.717) is 24.6 Å². The van der Waals surface area contributed by atoms with Crippen LogP contribution in [0.3, 0.4) is 0 Å². The van der Waals surface area contributed by atoms with Gasteiger partial charge < -0.3 is 10.2 Å². The van der Waals surface area contributed by atoms with Gasteiger partial charge in [-0.2, -0.15) is 5.10 Å². The number of nitrogens with one attached hydrogen (secondary N) is 1. The number of hydrogen-bond donors (Lipinski definition) is 1. The third kappa shape index (κ3) is 4.63. The summed E-state index contributed by atoms with van der Waals surface area (Å²) in [4.78, 5) is 27.7. The first-order valence-corrected chi connectivity index (χ1v) is 12.3. The van der Waals surface area contributed by atoms with Gasteiger partial charge >= 0.3 is 0 Å². The molecule has 1 saturated heterocycles. The molecule has 6 nitrogen and oxygen atoms in total. The Morgan fingerprint density at radius 3 is 2.38 bits per heavy atom. The smallest absolute Gasteiger partial charge is 0.253 e. The fourth-order valence-corrected chi connectivity index (χ4v) is 5.05. The molecule has 0 spiro atoms. The molecule has 176 valence electrons. The van der Waals surface area contributed by atoms with Crippen LogP contribution in [0.4, 0.5) is 5.69 Å². The van der Waals surface area contributed by atoms with Crippen molar-refractivity contribution in [3.05, 3.63) is 71.5 Å². The summed E-state index contributed by atoms with van der Waals surface area (Å²) in [6.07, 6.45) is 9.26. The number of nitrogens with zero attached hydrogens (tertiary/aromatic N) is 3. The normalized spacial score (nSPS) is 16.8. The second kappa shape index (κ2) is 9.45. The third-order valence-electron chi connectivity index (χ3n) is 7.31. The monoisotopic (exact) mass is 456 g/mol. The molecule has 0 atom stereocenters. The minimum absolute atomic E-state index is 0.0244. The summed E-state index contributed by atoms with van der Waals surface area (Å²) in [6, 6.07) is 14.2. The number of rotatable bonds is 5.